The summed E-state index contributed by atoms with van der Waals surface area (Å²) in [5.74, 6) is 1.44. The van der Waals surface area contributed by atoms with E-state index in [0.29, 0.717) is 5.92 Å². The second-order valence-electron chi connectivity index (χ2n) is 8.26. The van der Waals surface area contributed by atoms with E-state index >= 15 is 0 Å². The van der Waals surface area contributed by atoms with Crippen LogP contribution in [0.15, 0.2) is 0 Å². The van der Waals surface area contributed by atoms with E-state index in [4.69, 9.17) is 53.0 Å². The number of nitrogens with zero attached hydrogens (tertiary/aromatic N) is 1. The Hall–Kier alpha value is 2.45. The van der Waals surface area contributed by atoms with Gasteiger partial charge in [-0.1, -0.05) is 53.4 Å². The number of hydrogen-bond donors (Lipinski definition) is 0. The van der Waals surface area contributed by atoms with Crippen LogP contribution in [0, 0.1) is 11.8 Å². The van der Waals surface area contributed by atoms with Crippen LogP contribution in [0.5, 0.6) is 0 Å². The van der Waals surface area contributed by atoms with Crippen LogP contribution in [0.1, 0.15) is 40.5 Å². The molecule has 0 atom stereocenters. The van der Waals surface area contributed by atoms with Crippen LogP contribution in [-0.4, -0.2) is 41.1 Å². The first-order chi connectivity index (χ1) is 10.2. The third-order valence-electron chi connectivity index (χ3n) is 2.73. The molecule has 0 saturated carbocycles. The van der Waals surface area contributed by atoms with Crippen LogP contribution < -0.4 is 0 Å². The monoisotopic (exact) mass is 587 g/mol. The summed E-state index contributed by atoms with van der Waals surface area (Å²) < 4.78 is 2.54. The van der Waals surface area contributed by atoms with Gasteiger partial charge in [-0.05, 0) is 6.42 Å². The topological polar surface area (TPSA) is 3.01 Å². The summed E-state index contributed by atoms with van der Waals surface area (Å²) in [5, 5.41) is 0. The fraction of sp³-hybridized carbons (Fsp3) is 0.933. The van der Waals surface area contributed by atoms with Gasteiger partial charge in [0.25, 0.3) is 0 Å². The molecule has 9 heteroatoms. The maximum atomic E-state index is 5.06. The van der Waals surface area contributed by atoms with Gasteiger partial charge in [-0.25, -0.2) is 4.58 Å². The third kappa shape index (κ3) is 39.5. The molecule has 0 aromatic rings. The molecule has 0 aliphatic rings. The van der Waals surface area contributed by atoms with Crippen LogP contribution in [0.3, 0.4) is 0 Å². The summed E-state index contributed by atoms with van der Waals surface area (Å²) in [6.45, 7) is 19.0. The molecule has 24 heavy (non-hydrogen) atoms. The Morgan fingerprint density at radius 3 is 1.58 bits per heavy atom. The zero-order valence-corrected chi connectivity index (χ0v) is 24.0. The number of hydrogen-bond acceptors (Lipinski definition) is 0. The third-order valence-corrected chi connectivity index (χ3v) is 4.58. The summed E-state index contributed by atoms with van der Waals surface area (Å²) in [4.78, 5) is 0. The summed E-state index contributed by atoms with van der Waals surface area (Å²) >= 11 is 0. The second-order valence-corrected chi connectivity index (χ2v) is 70.8. The molecule has 0 N–H and O–H groups in total. The first kappa shape index (κ1) is 28.7. The van der Waals surface area contributed by atoms with Crippen molar-refractivity contribution in [3.05, 3.63) is 0 Å². The van der Waals surface area contributed by atoms with Gasteiger partial charge in [-0.2, -0.15) is 0 Å². The van der Waals surface area contributed by atoms with Crippen LogP contribution in [0.25, 0.3) is 0 Å². The Morgan fingerprint density at radius 2 is 1.29 bits per heavy atom. The van der Waals surface area contributed by atoms with Crippen LogP contribution in [-0.2, 0) is 0 Å². The van der Waals surface area contributed by atoms with Crippen molar-refractivity contribution >= 4 is 76.4 Å². The molecule has 0 saturated heterocycles. The fourth-order valence-electron chi connectivity index (χ4n) is 2.09. The van der Waals surface area contributed by atoms with Crippen molar-refractivity contribution in [2.75, 3.05) is 13.1 Å². The molecule has 0 rings (SSSR count). The van der Waals surface area contributed by atoms with E-state index in [1.807, 2.05) is 0 Å². The summed E-state index contributed by atoms with van der Waals surface area (Å²) in [7, 11) is 24.1. The van der Waals surface area contributed by atoms with E-state index in [-0.39, 0.29) is 0 Å². The molecule has 0 spiro atoms. The number of halogens is 6. The van der Waals surface area contributed by atoms with Crippen molar-refractivity contribution in [2.24, 2.45) is 11.8 Å². The Balaban J connectivity index is 0. The van der Waals surface area contributed by atoms with Gasteiger partial charge in [-0.3, -0.25) is 0 Å². The minimum absolute atomic E-state index is 0.672. The molecule has 0 radical (unpaired) electrons. The first-order valence-corrected chi connectivity index (χ1v) is 31.4. The molecule has 0 aromatic heterocycles. The van der Waals surface area contributed by atoms with Gasteiger partial charge in [0.2, 0.25) is 0 Å². The van der Waals surface area contributed by atoms with Gasteiger partial charge in [-0.15, -0.1) is 0 Å². The summed E-state index contributed by atoms with van der Waals surface area (Å²) in [5.41, 5.74) is 0. The molecule has 0 heterocycles. The van der Waals surface area contributed by atoms with E-state index in [1.54, 1.807) is 0 Å². The zero-order chi connectivity index (χ0) is 19.9. The summed E-state index contributed by atoms with van der Waals surface area (Å²) in [6, 6.07) is 1.48. The quantitative estimate of drug-likeness (QED) is 0.116. The van der Waals surface area contributed by atoms with E-state index in [0.717, 1.165) is 5.92 Å². The predicted octanol–water partition coefficient (Wildman–Crippen LogP) is 8.26. The number of rotatable bonds is 8. The molecule has 0 aliphatic heterocycles. The van der Waals surface area contributed by atoms with Gasteiger partial charge < -0.3 is 0 Å². The molecule has 0 amide bonds. The molecule has 0 unspecified atom stereocenters. The molecule has 0 aliphatic carbocycles. The normalized spacial score (nSPS) is 16.5. The first-order valence-electron chi connectivity index (χ1n) is 8.31. The van der Waals surface area contributed by atoms with Crippen LogP contribution in [0.2, 0.25) is 25.7 Å². The average Bonchev–Trinajstić information content (AvgIpc) is 2.16. The molecule has 0 bridgehead atoms. The Morgan fingerprint density at radius 1 is 0.875 bits per heavy atom. The average molecular weight is 591 g/mol. The maximum absolute atomic E-state index is 5.42. The molecule has 0 aromatic carbocycles. The van der Waals surface area contributed by atoms with E-state index in [1.165, 1.54) is 32.0 Å². The Labute approximate surface area is 170 Å². The fourth-order valence-corrected chi connectivity index (χ4v) is 3.40. The van der Waals surface area contributed by atoms with Crippen molar-refractivity contribution in [1.82, 2.24) is 0 Å². The van der Waals surface area contributed by atoms with Crippen molar-refractivity contribution in [1.29, 1.82) is 0 Å². The standard InChI is InChI=1S/C15H34NSi.6ClH.Sb/c1-14(2)12-16(13-15(3)4)10-8-9-11-17(5,6)7;;;;;;;/h12,14-15H,8-11,13H2,1-7H3;6*1H;/q+1;;;;;;;+5/p-6. The Kier molecular flexibility index (Phi) is 12.3. The van der Waals surface area contributed by atoms with Gasteiger partial charge in [0.1, 0.15) is 19.3 Å². The van der Waals surface area contributed by atoms with Gasteiger partial charge >= 0.3 is 62.1 Å². The second kappa shape index (κ2) is 10.3. The molecule has 1 nitrogen and oxygen atoms in total. The van der Waals surface area contributed by atoms with Crippen molar-refractivity contribution in [3.63, 3.8) is 0 Å². The van der Waals surface area contributed by atoms with Gasteiger partial charge in [0.05, 0.1) is 0 Å². The zero-order valence-electron chi connectivity index (χ0n) is 15.9. The van der Waals surface area contributed by atoms with Crippen molar-refractivity contribution in [3.8, 4) is 0 Å². The van der Waals surface area contributed by atoms with Gasteiger partial charge in [0.15, 0.2) is 0 Å². The SMILES string of the molecule is CC(C)C=[N+](CCCC[Si](C)(C)C)CC(C)C.[Cl][Sb-]([Cl])([Cl])([Cl])([Cl])[Cl]. The summed E-state index contributed by atoms with van der Waals surface area (Å²) in [6.07, 6.45) is 5.19. The van der Waals surface area contributed by atoms with E-state index < -0.39 is 17.2 Å². The van der Waals surface area contributed by atoms with Crippen LogP contribution in [0.4, 0.5) is 0 Å². The molecule has 0 fully saturated rings. The van der Waals surface area contributed by atoms with Gasteiger partial charge in [0, 0.05) is 26.3 Å². The molecular formula is C15H34Cl6NSbSi. The van der Waals surface area contributed by atoms with Crippen molar-refractivity contribution in [2.45, 2.75) is 66.2 Å². The van der Waals surface area contributed by atoms with Crippen molar-refractivity contribution < 1.29 is 4.58 Å². The van der Waals surface area contributed by atoms with E-state index in [2.05, 4.69) is 58.1 Å². The Bertz CT molecular complexity index is 384. The molecular weight excluding hydrogens is 557 g/mol. The number of unbranched alkanes of at least 4 members (excludes halogenated alkanes) is 1. The predicted molar refractivity (Wildman–Crippen MR) is 124 cm³/mol. The molecule has 150 valence electrons. The van der Waals surface area contributed by atoms with E-state index in [9.17, 15) is 0 Å². The minimum atomic E-state index is -5.42. The van der Waals surface area contributed by atoms with Crippen LogP contribution >= 0.6 is 53.0 Å².